The maximum Gasteiger partial charge on any atom is 0.243 e. The van der Waals surface area contributed by atoms with Gasteiger partial charge in [-0.3, -0.25) is 4.79 Å². The molecule has 8 heteroatoms. The lowest BCUT2D eigenvalue weighted by Crippen LogP contribution is -2.35. The lowest BCUT2D eigenvalue weighted by Gasteiger charge is -2.08. The maximum absolute atomic E-state index is 13.4. The Hall–Kier alpha value is -2.03. The number of amides is 1. The van der Waals surface area contributed by atoms with Crippen LogP contribution in [0, 0.1) is 5.82 Å². The van der Waals surface area contributed by atoms with E-state index in [9.17, 15) is 14.3 Å². The fourth-order valence-electron chi connectivity index (χ4n) is 2.44. The van der Waals surface area contributed by atoms with Crippen LogP contribution in [0.1, 0.15) is 6.42 Å². The molecule has 6 nitrogen and oxygen atoms in total. The number of aromatic nitrogens is 1. The molecule has 2 heterocycles. The summed E-state index contributed by atoms with van der Waals surface area (Å²) in [7, 11) is 1.50. The number of nitrogens with one attached hydrogen (secondary N) is 2. The van der Waals surface area contributed by atoms with Gasteiger partial charge >= 0.3 is 0 Å². The highest BCUT2D eigenvalue weighted by molar-refractivity contribution is 7.14. The van der Waals surface area contributed by atoms with E-state index in [0.717, 1.165) is 0 Å². The smallest absolute Gasteiger partial charge is 0.243 e. The van der Waals surface area contributed by atoms with Crippen LogP contribution in [0.3, 0.4) is 0 Å². The molecule has 3 rings (SSSR count). The number of anilines is 1. The van der Waals surface area contributed by atoms with E-state index in [-0.39, 0.29) is 11.7 Å². The lowest BCUT2D eigenvalue weighted by molar-refractivity contribution is -0.117. The first-order chi connectivity index (χ1) is 11.1. The summed E-state index contributed by atoms with van der Waals surface area (Å²) in [4.78, 5) is 16.4. The zero-order chi connectivity index (χ0) is 16.4. The first-order valence-corrected chi connectivity index (χ1v) is 7.96. The van der Waals surface area contributed by atoms with Crippen molar-refractivity contribution in [2.75, 3.05) is 19.0 Å². The molecule has 1 aliphatic rings. The van der Waals surface area contributed by atoms with Crippen LogP contribution in [0.2, 0.25) is 0 Å². The van der Waals surface area contributed by atoms with E-state index < -0.39 is 12.1 Å². The maximum atomic E-state index is 13.4. The topological polar surface area (TPSA) is 83.5 Å². The van der Waals surface area contributed by atoms with Crippen molar-refractivity contribution in [1.82, 2.24) is 10.3 Å². The van der Waals surface area contributed by atoms with E-state index in [0.29, 0.717) is 35.1 Å². The third-order valence-electron chi connectivity index (χ3n) is 3.60. The Morgan fingerprint density at radius 2 is 2.39 bits per heavy atom. The van der Waals surface area contributed by atoms with Gasteiger partial charge in [0, 0.05) is 17.5 Å². The number of carbonyl (C=O) groups is 1. The molecule has 1 saturated heterocycles. The highest BCUT2D eigenvalue weighted by atomic mass is 32.1. The number of halogens is 1. The van der Waals surface area contributed by atoms with Gasteiger partial charge in [0.2, 0.25) is 5.91 Å². The van der Waals surface area contributed by atoms with Gasteiger partial charge in [-0.25, -0.2) is 9.37 Å². The fourth-order valence-corrected chi connectivity index (χ4v) is 3.16. The second-order valence-corrected chi connectivity index (χ2v) is 6.08. The number of aliphatic hydroxyl groups is 1. The van der Waals surface area contributed by atoms with Gasteiger partial charge in [0.05, 0.1) is 24.9 Å². The van der Waals surface area contributed by atoms with Crippen LogP contribution in [0.25, 0.3) is 11.3 Å². The summed E-state index contributed by atoms with van der Waals surface area (Å²) >= 11 is 1.25. The zero-order valence-corrected chi connectivity index (χ0v) is 13.2. The molecular weight excluding hydrogens is 321 g/mol. The van der Waals surface area contributed by atoms with E-state index in [2.05, 4.69) is 15.6 Å². The van der Waals surface area contributed by atoms with Crippen LogP contribution >= 0.6 is 11.3 Å². The summed E-state index contributed by atoms with van der Waals surface area (Å²) in [6, 6.07) is 3.76. The molecule has 0 spiro atoms. The van der Waals surface area contributed by atoms with Crippen molar-refractivity contribution in [2.45, 2.75) is 18.6 Å². The quantitative estimate of drug-likeness (QED) is 0.790. The van der Waals surface area contributed by atoms with Gasteiger partial charge in [-0.2, -0.15) is 0 Å². The standard InChI is InChI=1S/C15H16FN3O3S/c1-22-13-3-2-8(16)4-10(13)12-7-23-15(18-12)19-14(21)11-5-9(20)6-17-11/h2-4,7,9,11,17,20H,5-6H2,1H3,(H,18,19,21). The number of hydrogen-bond acceptors (Lipinski definition) is 6. The van der Waals surface area contributed by atoms with Gasteiger partial charge in [-0.15, -0.1) is 11.3 Å². The first-order valence-electron chi connectivity index (χ1n) is 7.08. The molecular formula is C15H16FN3O3S. The van der Waals surface area contributed by atoms with Gasteiger partial charge in [0.15, 0.2) is 5.13 Å². The van der Waals surface area contributed by atoms with Crippen LogP contribution in [0.5, 0.6) is 5.75 Å². The fraction of sp³-hybridized carbons (Fsp3) is 0.333. The van der Waals surface area contributed by atoms with Gasteiger partial charge in [-0.05, 0) is 24.6 Å². The zero-order valence-electron chi connectivity index (χ0n) is 12.4. The highest BCUT2D eigenvalue weighted by Crippen LogP contribution is 2.32. The Morgan fingerprint density at radius 1 is 1.57 bits per heavy atom. The number of hydrogen-bond donors (Lipinski definition) is 3. The average Bonchev–Trinajstić information content (AvgIpc) is 3.16. The third-order valence-corrected chi connectivity index (χ3v) is 4.35. The number of thiazole rings is 1. The van der Waals surface area contributed by atoms with Crippen LogP contribution in [0.15, 0.2) is 23.6 Å². The number of nitrogens with zero attached hydrogens (tertiary/aromatic N) is 1. The van der Waals surface area contributed by atoms with E-state index in [1.165, 1.54) is 36.6 Å². The minimum Gasteiger partial charge on any atom is -0.496 e. The van der Waals surface area contributed by atoms with Crippen LogP contribution < -0.4 is 15.4 Å². The minimum atomic E-state index is -0.505. The normalized spacial score (nSPS) is 20.5. The van der Waals surface area contributed by atoms with Gasteiger partial charge in [-0.1, -0.05) is 0 Å². The van der Waals surface area contributed by atoms with E-state index in [1.54, 1.807) is 5.38 Å². The van der Waals surface area contributed by atoms with Crippen molar-refractivity contribution in [3.63, 3.8) is 0 Å². The van der Waals surface area contributed by atoms with Crippen molar-refractivity contribution in [1.29, 1.82) is 0 Å². The Labute approximate surface area is 136 Å². The largest absolute Gasteiger partial charge is 0.496 e. The van der Waals surface area contributed by atoms with Crippen LogP contribution in [-0.2, 0) is 4.79 Å². The summed E-state index contributed by atoms with van der Waals surface area (Å²) in [6.07, 6.45) is -0.129. The number of ether oxygens (including phenoxy) is 1. The molecule has 1 aromatic carbocycles. The summed E-state index contributed by atoms with van der Waals surface area (Å²) in [5.74, 6) is -0.118. The Kier molecular flexibility index (Phi) is 4.56. The van der Waals surface area contributed by atoms with E-state index >= 15 is 0 Å². The second kappa shape index (κ2) is 6.61. The SMILES string of the molecule is COc1ccc(F)cc1-c1csc(NC(=O)C2CC(O)CN2)n1. The molecule has 3 N–H and O–H groups in total. The van der Waals surface area contributed by atoms with E-state index in [4.69, 9.17) is 4.74 Å². The van der Waals surface area contributed by atoms with E-state index in [1.807, 2.05) is 0 Å². The van der Waals surface area contributed by atoms with Crippen LogP contribution in [0.4, 0.5) is 9.52 Å². The minimum absolute atomic E-state index is 0.242. The van der Waals surface area contributed by atoms with Crippen molar-refractivity contribution in [3.8, 4) is 17.0 Å². The monoisotopic (exact) mass is 337 g/mol. The third kappa shape index (κ3) is 3.49. The predicted octanol–water partition coefficient (Wildman–Crippen LogP) is 1.62. The summed E-state index contributed by atoms with van der Waals surface area (Å²) in [5, 5.41) is 17.2. The number of β-amino-alcohol motifs (C(OH)–C–C–N with tert-alkyl or cyclic N) is 1. The molecule has 2 atom stereocenters. The van der Waals surface area contributed by atoms with Crippen molar-refractivity contribution >= 4 is 22.4 Å². The summed E-state index contributed by atoms with van der Waals surface area (Å²) < 4.78 is 18.7. The average molecular weight is 337 g/mol. The van der Waals surface area contributed by atoms with Crippen molar-refractivity contribution < 1.29 is 19.0 Å². The molecule has 2 unspecified atom stereocenters. The molecule has 23 heavy (non-hydrogen) atoms. The molecule has 2 aromatic rings. The molecule has 1 fully saturated rings. The molecule has 1 aromatic heterocycles. The summed E-state index contributed by atoms with van der Waals surface area (Å²) in [5.41, 5.74) is 1.06. The number of benzene rings is 1. The van der Waals surface area contributed by atoms with Gasteiger partial charge < -0.3 is 20.5 Å². The Balaban J connectivity index is 1.76. The molecule has 0 bridgehead atoms. The van der Waals surface area contributed by atoms with Crippen molar-refractivity contribution in [2.24, 2.45) is 0 Å². The number of aliphatic hydroxyl groups excluding tert-OH is 1. The molecule has 0 aliphatic carbocycles. The first kappa shape index (κ1) is 15.9. The number of methoxy groups -OCH3 is 1. The van der Waals surface area contributed by atoms with Crippen LogP contribution in [-0.4, -0.2) is 41.8 Å². The van der Waals surface area contributed by atoms with Gasteiger partial charge in [0.25, 0.3) is 0 Å². The molecule has 1 aliphatic heterocycles. The number of carbonyl (C=O) groups excluding carboxylic acids is 1. The summed E-state index contributed by atoms with van der Waals surface area (Å²) in [6.45, 7) is 0.404. The molecule has 122 valence electrons. The second-order valence-electron chi connectivity index (χ2n) is 5.22. The highest BCUT2D eigenvalue weighted by Gasteiger charge is 2.28. The Morgan fingerprint density at radius 3 is 3.09 bits per heavy atom. The number of rotatable bonds is 4. The van der Waals surface area contributed by atoms with Crippen molar-refractivity contribution in [3.05, 3.63) is 29.4 Å². The van der Waals surface area contributed by atoms with Gasteiger partial charge in [0.1, 0.15) is 11.6 Å². The lowest BCUT2D eigenvalue weighted by atomic mass is 10.1. The Bertz CT molecular complexity index is 722. The molecule has 0 saturated carbocycles. The molecule has 1 amide bonds. The predicted molar refractivity (Wildman–Crippen MR) is 85.1 cm³/mol. The molecule has 0 radical (unpaired) electrons.